The summed E-state index contributed by atoms with van der Waals surface area (Å²) in [6.07, 6.45) is 3.62. The molecule has 1 aliphatic rings. The van der Waals surface area contributed by atoms with E-state index < -0.39 is 0 Å². The highest BCUT2D eigenvalue weighted by Crippen LogP contribution is 2.22. The first-order valence-electron chi connectivity index (χ1n) is 8.20. The summed E-state index contributed by atoms with van der Waals surface area (Å²) < 4.78 is 0. The van der Waals surface area contributed by atoms with Crippen LogP contribution in [-0.2, 0) is 10.2 Å². The predicted molar refractivity (Wildman–Crippen MR) is 92.9 cm³/mol. The predicted octanol–water partition coefficient (Wildman–Crippen LogP) is 3.16. The van der Waals surface area contributed by atoms with Crippen LogP contribution in [0.15, 0.2) is 30.3 Å². The normalized spacial score (nSPS) is 17.2. The summed E-state index contributed by atoms with van der Waals surface area (Å²) >= 11 is 0. The molecular weight excluding hydrogens is 272 g/mol. The van der Waals surface area contributed by atoms with Crippen LogP contribution in [0.25, 0.3) is 6.08 Å². The van der Waals surface area contributed by atoms with Gasteiger partial charge in [0.15, 0.2) is 0 Å². The Morgan fingerprint density at radius 2 is 1.68 bits per heavy atom. The molecule has 1 amide bonds. The summed E-state index contributed by atoms with van der Waals surface area (Å²) in [6, 6.07) is 8.45. The SMILES string of the molecule is CCN1CCN(C(=O)/C=C/c2ccc(C(C)(C)C)cc2)CC1. The summed E-state index contributed by atoms with van der Waals surface area (Å²) in [6.45, 7) is 13.5. The fourth-order valence-corrected chi connectivity index (χ4v) is 2.65. The number of carbonyl (C=O) groups is 1. The van der Waals surface area contributed by atoms with Crippen molar-refractivity contribution in [2.24, 2.45) is 0 Å². The van der Waals surface area contributed by atoms with Crippen molar-refractivity contribution in [3.63, 3.8) is 0 Å². The molecular formula is C19H28N2O. The molecule has 22 heavy (non-hydrogen) atoms. The fraction of sp³-hybridized carbons (Fsp3) is 0.526. The zero-order valence-corrected chi connectivity index (χ0v) is 14.3. The molecule has 3 heteroatoms. The summed E-state index contributed by atoms with van der Waals surface area (Å²) in [7, 11) is 0. The molecule has 1 fully saturated rings. The fourth-order valence-electron chi connectivity index (χ4n) is 2.65. The number of amides is 1. The van der Waals surface area contributed by atoms with Crippen LogP contribution in [0.2, 0.25) is 0 Å². The molecule has 3 nitrogen and oxygen atoms in total. The maximum absolute atomic E-state index is 12.2. The molecule has 1 aromatic carbocycles. The van der Waals surface area contributed by atoms with Gasteiger partial charge in [0.05, 0.1) is 0 Å². The Balaban J connectivity index is 1.93. The molecule has 120 valence electrons. The Bertz CT molecular complexity index is 517. The summed E-state index contributed by atoms with van der Waals surface area (Å²) in [5.41, 5.74) is 2.55. The summed E-state index contributed by atoms with van der Waals surface area (Å²) in [4.78, 5) is 16.5. The molecule has 0 spiro atoms. The molecule has 0 unspecified atom stereocenters. The Morgan fingerprint density at radius 3 is 2.18 bits per heavy atom. The second-order valence-corrected chi connectivity index (χ2v) is 6.96. The topological polar surface area (TPSA) is 23.6 Å². The monoisotopic (exact) mass is 300 g/mol. The van der Waals surface area contributed by atoms with Crippen molar-refractivity contribution in [3.05, 3.63) is 41.5 Å². The number of piperazine rings is 1. The van der Waals surface area contributed by atoms with Crippen LogP contribution in [0.4, 0.5) is 0 Å². The molecule has 0 aromatic heterocycles. The maximum atomic E-state index is 12.2. The van der Waals surface area contributed by atoms with E-state index in [9.17, 15) is 4.79 Å². The van der Waals surface area contributed by atoms with Crippen LogP contribution in [0.5, 0.6) is 0 Å². The van der Waals surface area contributed by atoms with Gasteiger partial charge in [0.25, 0.3) is 0 Å². The minimum atomic E-state index is 0.121. The largest absolute Gasteiger partial charge is 0.337 e. The summed E-state index contributed by atoms with van der Waals surface area (Å²) in [5, 5.41) is 0. The van der Waals surface area contributed by atoms with Gasteiger partial charge >= 0.3 is 0 Å². The zero-order valence-electron chi connectivity index (χ0n) is 14.3. The average molecular weight is 300 g/mol. The van der Waals surface area contributed by atoms with E-state index in [1.165, 1.54) is 5.56 Å². The van der Waals surface area contributed by atoms with Gasteiger partial charge in [0.2, 0.25) is 5.91 Å². The van der Waals surface area contributed by atoms with Gasteiger partial charge in [-0.25, -0.2) is 0 Å². The van der Waals surface area contributed by atoms with Crippen LogP contribution in [0.3, 0.4) is 0 Å². The third-order valence-corrected chi connectivity index (χ3v) is 4.33. The number of nitrogens with zero attached hydrogens (tertiary/aromatic N) is 2. The van der Waals surface area contributed by atoms with E-state index in [4.69, 9.17) is 0 Å². The van der Waals surface area contributed by atoms with Crippen molar-refractivity contribution >= 4 is 12.0 Å². The van der Waals surface area contributed by atoms with E-state index in [-0.39, 0.29) is 11.3 Å². The first-order chi connectivity index (χ1) is 10.4. The molecule has 1 saturated heterocycles. The Kier molecular flexibility index (Phi) is 5.41. The van der Waals surface area contributed by atoms with Gasteiger partial charge in [0, 0.05) is 32.3 Å². The highest BCUT2D eigenvalue weighted by molar-refractivity contribution is 5.91. The number of carbonyl (C=O) groups excluding carboxylic acids is 1. The minimum absolute atomic E-state index is 0.121. The van der Waals surface area contributed by atoms with Crippen LogP contribution in [0, 0.1) is 0 Å². The smallest absolute Gasteiger partial charge is 0.246 e. The highest BCUT2D eigenvalue weighted by Gasteiger charge is 2.18. The quantitative estimate of drug-likeness (QED) is 0.801. The molecule has 0 saturated carbocycles. The second kappa shape index (κ2) is 7.10. The number of benzene rings is 1. The lowest BCUT2D eigenvalue weighted by Gasteiger charge is -2.33. The van der Waals surface area contributed by atoms with Crippen molar-refractivity contribution in [1.29, 1.82) is 0 Å². The van der Waals surface area contributed by atoms with Gasteiger partial charge in [-0.05, 0) is 29.2 Å². The van der Waals surface area contributed by atoms with Crippen molar-refractivity contribution in [3.8, 4) is 0 Å². The molecule has 1 aliphatic heterocycles. The van der Waals surface area contributed by atoms with E-state index in [0.717, 1.165) is 38.3 Å². The molecule has 2 rings (SSSR count). The zero-order chi connectivity index (χ0) is 16.2. The third kappa shape index (κ3) is 4.44. The van der Waals surface area contributed by atoms with Crippen LogP contribution in [-0.4, -0.2) is 48.4 Å². The van der Waals surface area contributed by atoms with Crippen molar-refractivity contribution in [1.82, 2.24) is 9.80 Å². The third-order valence-electron chi connectivity index (χ3n) is 4.33. The molecule has 0 radical (unpaired) electrons. The van der Waals surface area contributed by atoms with Crippen molar-refractivity contribution in [2.75, 3.05) is 32.7 Å². The lowest BCUT2D eigenvalue weighted by atomic mass is 9.87. The first-order valence-corrected chi connectivity index (χ1v) is 8.20. The number of hydrogen-bond donors (Lipinski definition) is 0. The molecule has 0 bridgehead atoms. The standard InChI is InChI=1S/C19H28N2O/c1-5-20-12-14-21(15-13-20)18(22)11-8-16-6-9-17(10-7-16)19(2,3)4/h6-11H,5,12-15H2,1-4H3/b11-8+. The average Bonchev–Trinajstić information content (AvgIpc) is 2.52. The van der Waals surface area contributed by atoms with Crippen LogP contribution in [0.1, 0.15) is 38.8 Å². The van der Waals surface area contributed by atoms with E-state index in [1.54, 1.807) is 6.08 Å². The van der Waals surface area contributed by atoms with Gasteiger partial charge < -0.3 is 9.80 Å². The minimum Gasteiger partial charge on any atom is -0.337 e. The van der Waals surface area contributed by atoms with E-state index in [0.29, 0.717) is 0 Å². The van der Waals surface area contributed by atoms with Gasteiger partial charge in [-0.15, -0.1) is 0 Å². The van der Waals surface area contributed by atoms with E-state index >= 15 is 0 Å². The van der Waals surface area contributed by atoms with Gasteiger partial charge in [-0.2, -0.15) is 0 Å². The number of rotatable bonds is 3. The first kappa shape index (κ1) is 16.8. The number of hydrogen-bond acceptors (Lipinski definition) is 2. The second-order valence-electron chi connectivity index (χ2n) is 6.96. The Labute approximate surface area is 134 Å². The molecule has 0 aliphatic carbocycles. The molecule has 1 heterocycles. The van der Waals surface area contributed by atoms with Gasteiger partial charge in [-0.1, -0.05) is 52.0 Å². The highest BCUT2D eigenvalue weighted by atomic mass is 16.2. The Morgan fingerprint density at radius 1 is 1.09 bits per heavy atom. The molecule has 0 atom stereocenters. The maximum Gasteiger partial charge on any atom is 0.246 e. The Hall–Kier alpha value is -1.61. The van der Waals surface area contributed by atoms with Crippen LogP contribution < -0.4 is 0 Å². The molecule has 1 aromatic rings. The van der Waals surface area contributed by atoms with Gasteiger partial charge in [-0.3, -0.25) is 4.79 Å². The van der Waals surface area contributed by atoms with Gasteiger partial charge in [0.1, 0.15) is 0 Å². The number of likely N-dealkylation sites (N-methyl/N-ethyl adjacent to an activating group) is 1. The van der Waals surface area contributed by atoms with Crippen molar-refractivity contribution < 1.29 is 4.79 Å². The van der Waals surface area contributed by atoms with E-state index in [1.807, 2.05) is 11.0 Å². The lowest BCUT2D eigenvalue weighted by molar-refractivity contribution is -0.127. The lowest BCUT2D eigenvalue weighted by Crippen LogP contribution is -2.48. The van der Waals surface area contributed by atoms with E-state index in [2.05, 4.69) is 56.9 Å². The van der Waals surface area contributed by atoms with Crippen molar-refractivity contribution in [2.45, 2.75) is 33.1 Å². The molecule has 0 N–H and O–H groups in total. The summed E-state index contributed by atoms with van der Waals surface area (Å²) in [5.74, 6) is 0.121. The van der Waals surface area contributed by atoms with Crippen LogP contribution >= 0.6 is 0 Å².